The van der Waals surface area contributed by atoms with Crippen molar-refractivity contribution >= 4 is 34.2 Å². The zero-order valence-corrected chi connectivity index (χ0v) is 25.7. The van der Waals surface area contributed by atoms with Crippen LogP contribution in [0.5, 0.6) is 23.0 Å². The van der Waals surface area contributed by atoms with Gasteiger partial charge in [-0.25, -0.2) is 0 Å². The van der Waals surface area contributed by atoms with E-state index >= 15 is 0 Å². The molecule has 0 saturated heterocycles. The molecule has 3 heterocycles. The number of ether oxygens (including phenoxy) is 4. The van der Waals surface area contributed by atoms with Gasteiger partial charge in [-0.3, -0.25) is 19.6 Å². The molecule has 0 spiro atoms. The molecule has 1 N–H and O–H groups in total. The molecule has 226 valence electrons. The Hall–Kier alpha value is -4.96. The van der Waals surface area contributed by atoms with Crippen LogP contribution in [0.4, 0.5) is 5.69 Å². The largest absolute Gasteiger partial charge is 0.488 e. The summed E-state index contributed by atoms with van der Waals surface area (Å²) in [5, 5.41) is 4.02. The maximum absolute atomic E-state index is 11.6. The summed E-state index contributed by atoms with van der Waals surface area (Å²) in [7, 11) is 0. The normalized spacial score (nSPS) is 12.1. The van der Waals surface area contributed by atoms with Gasteiger partial charge in [0.05, 0.1) is 5.56 Å². The number of halogens is 1. The zero-order valence-electron chi connectivity index (χ0n) is 24.1. The van der Waals surface area contributed by atoms with E-state index in [4.69, 9.17) is 18.9 Å². The van der Waals surface area contributed by atoms with Gasteiger partial charge in [0.2, 0.25) is 0 Å². The molecule has 4 aromatic rings. The maximum Gasteiger partial charge on any atom is 0.163 e. The first-order valence-corrected chi connectivity index (χ1v) is 14.9. The van der Waals surface area contributed by atoms with Gasteiger partial charge in [-0.05, 0) is 54.5 Å². The Morgan fingerprint density at radius 3 is 2.34 bits per heavy atom. The van der Waals surface area contributed by atoms with Crippen LogP contribution in [0.25, 0.3) is 0 Å². The highest BCUT2D eigenvalue weighted by Gasteiger charge is 2.12. The molecule has 0 aliphatic carbocycles. The van der Waals surface area contributed by atoms with Crippen molar-refractivity contribution in [1.82, 2.24) is 9.97 Å². The number of aldehydes is 2. The predicted octanol–water partition coefficient (Wildman–Crippen LogP) is 6.66. The summed E-state index contributed by atoms with van der Waals surface area (Å²) >= 11 is 3.32. The second kappa shape index (κ2) is 17.2. The molecule has 5 rings (SSSR count). The second-order valence-corrected chi connectivity index (χ2v) is 9.99. The van der Waals surface area contributed by atoms with E-state index in [2.05, 4.69) is 31.2 Å². The SMILES string of the molecule is BrCc1cccnc1.Cc1cc(C=O)c(OCc2cccnc2)cc1OC/C(C=O)=C/C=C\Nc1ccc2c(c1)OCCO2. The molecule has 0 saturated carbocycles. The van der Waals surface area contributed by atoms with E-state index in [1.54, 1.807) is 49.1 Å². The molecule has 1 aliphatic heterocycles. The first-order valence-electron chi connectivity index (χ1n) is 13.8. The second-order valence-electron chi connectivity index (χ2n) is 9.43. The Morgan fingerprint density at radius 1 is 0.932 bits per heavy atom. The minimum atomic E-state index is 0.0567. The van der Waals surface area contributed by atoms with Crippen molar-refractivity contribution in [3.63, 3.8) is 0 Å². The number of alkyl halides is 1. The molecule has 0 radical (unpaired) electrons. The van der Waals surface area contributed by atoms with Gasteiger partial charge in [-0.1, -0.05) is 34.1 Å². The number of carbonyl (C=O) groups excluding carboxylic acids is 2. The van der Waals surface area contributed by atoms with Crippen molar-refractivity contribution < 1.29 is 28.5 Å². The third kappa shape index (κ3) is 9.81. The van der Waals surface area contributed by atoms with E-state index < -0.39 is 0 Å². The van der Waals surface area contributed by atoms with Crippen LogP contribution in [0, 0.1) is 6.92 Å². The summed E-state index contributed by atoms with van der Waals surface area (Å²) in [5.74, 6) is 2.33. The summed E-state index contributed by atoms with van der Waals surface area (Å²) < 4.78 is 22.8. The molecular formula is C34H32BrN3O6. The lowest BCUT2D eigenvalue weighted by molar-refractivity contribution is -0.105. The van der Waals surface area contributed by atoms with Gasteiger partial charge in [-0.2, -0.15) is 0 Å². The molecule has 2 aromatic heterocycles. The first-order chi connectivity index (χ1) is 21.6. The monoisotopic (exact) mass is 657 g/mol. The lowest BCUT2D eigenvalue weighted by Crippen LogP contribution is -2.15. The van der Waals surface area contributed by atoms with E-state index in [-0.39, 0.29) is 13.2 Å². The van der Waals surface area contributed by atoms with Crippen LogP contribution >= 0.6 is 15.9 Å². The van der Waals surface area contributed by atoms with Crippen molar-refractivity contribution in [2.24, 2.45) is 0 Å². The number of allylic oxidation sites excluding steroid dienone is 2. The fourth-order valence-corrected chi connectivity index (χ4v) is 4.25. The standard InChI is InChI=1S/C28H26N2O6.C6H6BrN/c1-20-12-23(17-32)27(36-18-21-4-2-8-29-15-21)14-26(20)35-19-22(16-31)5-3-9-30-24-6-7-25-28(13-24)34-11-10-33-25;7-4-6-2-1-3-8-5-6/h2-9,12-17,30H,10-11,18-19H2,1H3;1-3,5H,4H2/b9-3-,22-5+;. The molecule has 1 aliphatic rings. The van der Waals surface area contributed by atoms with E-state index in [0.29, 0.717) is 41.6 Å². The van der Waals surface area contributed by atoms with Gasteiger partial charge in [0.1, 0.15) is 44.2 Å². The van der Waals surface area contributed by atoms with Crippen LogP contribution in [0.2, 0.25) is 0 Å². The smallest absolute Gasteiger partial charge is 0.163 e. The summed E-state index contributed by atoms with van der Waals surface area (Å²) in [4.78, 5) is 31.1. The first kappa shape index (κ1) is 32.0. The summed E-state index contributed by atoms with van der Waals surface area (Å²) in [5.41, 5.74) is 4.53. The van der Waals surface area contributed by atoms with Gasteiger partial charge in [0.15, 0.2) is 17.8 Å². The zero-order chi connectivity index (χ0) is 31.0. The highest BCUT2D eigenvalue weighted by atomic mass is 79.9. The van der Waals surface area contributed by atoms with Gasteiger partial charge >= 0.3 is 0 Å². The van der Waals surface area contributed by atoms with Crippen molar-refractivity contribution in [1.29, 1.82) is 0 Å². The fraction of sp³-hybridized carbons (Fsp3) is 0.176. The number of aromatic nitrogens is 2. The Morgan fingerprint density at radius 2 is 1.68 bits per heavy atom. The third-order valence-electron chi connectivity index (χ3n) is 6.17. The molecular weight excluding hydrogens is 626 g/mol. The van der Waals surface area contributed by atoms with Crippen LogP contribution in [0.15, 0.2) is 103 Å². The number of pyridine rings is 2. The predicted molar refractivity (Wildman–Crippen MR) is 172 cm³/mol. The Kier molecular flexibility index (Phi) is 12.5. The maximum atomic E-state index is 11.6. The highest BCUT2D eigenvalue weighted by molar-refractivity contribution is 9.08. The number of aryl methyl sites for hydroxylation is 1. The van der Waals surface area contributed by atoms with Gasteiger partial charge in [-0.15, -0.1) is 0 Å². The van der Waals surface area contributed by atoms with Gasteiger partial charge in [0.25, 0.3) is 0 Å². The number of anilines is 1. The van der Waals surface area contributed by atoms with Crippen LogP contribution in [0.1, 0.15) is 27.0 Å². The van der Waals surface area contributed by atoms with Crippen LogP contribution < -0.4 is 24.3 Å². The lowest BCUT2D eigenvalue weighted by atomic mass is 10.1. The molecule has 2 aromatic carbocycles. The third-order valence-corrected chi connectivity index (χ3v) is 6.82. The highest BCUT2D eigenvalue weighted by Crippen LogP contribution is 2.32. The van der Waals surface area contributed by atoms with Crippen molar-refractivity contribution in [3.05, 3.63) is 126 Å². The number of nitrogens with zero attached hydrogens (tertiary/aromatic N) is 2. The Labute approximate surface area is 264 Å². The molecule has 10 heteroatoms. The summed E-state index contributed by atoms with van der Waals surface area (Å²) in [6.07, 6.45) is 13.6. The van der Waals surface area contributed by atoms with E-state index in [9.17, 15) is 9.59 Å². The quantitative estimate of drug-likeness (QED) is 0.0774. The molecule has 0 unspecified atom stereocenters. The molecule has 0 fully saturated rings. The Bertz CT molecular complexity index is 1580. The summed E-state index contributed by atoms with van der Waals surface area (Å²) in [6, 6.07) is 16.6. The van der Waals surface area contributed by atoms with Crippen molar-refractivity contribution in [2.45, 2.75) is 18.9 Å². The van der Waals surface area contributed by atoms with Crippen LogP contribution in [-0.2, 0) is 16.7 Å². The van der Waals surface area contributed by atoms with Crippen molar-refractivity contribution in [2.75, 3.05) is 25.1 Å². The molecule has 44 heavy (non-hydrogen) atoms. The van der Waals surface area contributed by atoms with Crippen LogP contribution in [-0.4, -0.2) is 42.4 Å². The molecule has 0 bridgehead atoms. The van der Waals surface area contributed by atoms with Crippen molar-refractivity contribution in [3.8, 4) is 23.0 Å². The number of nitrogens with one attached hydrogen (secondary N) is 1. The molecule has 0 amide bonds. The average molecular weight is 659 g/mol. The van der Waals surface area contributed by atoms with E-state index in [1.807, 2.05) is 55.6 Å². The lowest BCUT2D eigenvalue weighted by Gasteiger charge is -2.18. The van der Waals surface area contributed by atoms with Crippen LogP contribution in [0.3, 0.4) is 0 Å². The van der Waals surface area contributed by atoms with Gasteiger partial charge < -0.3 is 24.3 Å². The number of hydrogen-bond acceptors (Lipinski definition) is 9. The average Bonchev–Trinajstić information content (AvgIpc) is 3.08. The molecule has 9 nitrogen and oxygen atoms in total. The number of benzene rings is 2. The number of rotatable bonds is 12. The summed E-state index contributed by atoms with van der Waals surface area (Å²) in [6.45, 7) is 3.21. The Balaban J connectivity index is 0.000000479. The van der Waals surface area contributed by atoms with Gasteiger partial charge in [0, 0.05) is 65.3 Å². The topological polar surface area (TPSA) is 109 Å². The number of carbonyl (C=O) groups is 2. The number of hydrogen-bond donors (Lipinski definition) is 1. The van der Waals surface area contributed by atoms with E-state index in [1.165, 1.54) is 5.56 Å². The number of fused-ring (bicyclic) bond motifs is 1. The minimum Gasteiger partial charge on any atom is -0.488 e. The molecule has 0 atom stereocenters. The van der Waals surface area contributed by atoms with E-state index in [0.717, 1.165) is 40.5 Å². The minimum absolute atomic E-state index is 0.0567. The fourth-order valence-electron chi connectivity index (χ4n) is 3.92.